The second kappa shape index (κ2) is 8.88. The van der Waals surface area contributed by atoms with E-state index in [9.17, 15) is 10.1 Å². The van der Waals surface area contributed by atoms with Crippen molar-refractivity contribution in [3.05, 3.63) is 16.4 Å². The quantitative estimate of drug-likeness (QED) is 0.360. The second-order valence-corrected chi connectivity index (χ2v) is 6.91. The van der Waals surface area contributed by atoms with E-state index >= 15 is 0 Å². The van der Waals surface area contributed by atoms with Crippen molar-refractivity contribution >= 4 is 17.3 Å². The fourth-order valence-electron chi connectivity index (χ4n) is 2.35. The lowest BCUT2D eigenvalue weighted by atomic mass is 10.1. The maximum atomic E-state index is 11.4. The Balaban J connectivity index is 1.93. The van der Waals surface area contributed by atoms with Crippen LogP contribution in [0, 0.1) is 10.1 Å². The average molecular weight is 353 g/mol. The van der Waals surface area contributed by atoms with Crippen molar-refractivity contribution < 1.29 is 9.66 Å². The molecule has 1 aliphatic heterocycles. The van der Waals surface area contributed by atoms with E-state index in [-0.39, 0.29) is 22.9 Å². The number of nitrogens with zero attached hydrogens (tertiary/aromatic N) is 4. The number of rotatable bonds is 8. The molecule has 10 heteroatoms. The Bertz CT molecular complexity index is 571. The first kappa shape index (κ1) is 19.3. The zero-order valence-electron chi connectivity index (χ0n) is 15.0. The monoisotopic (exact) mass is 353 g/mol. The van der Waals surface area contributed by atoms with Crippen molar-refractivity contribution in [2.75, 3.05) is 50.1 Å². The third-order valence-corrected chi connectivity index (χ3v) is 3.61. The van der Waals surface area contributed by atoms with Gasteiger partial charge in [0.2, 0.25) is 11.6 Å². The average Bonchev–Trinajstić information content (AvgIpc) is 2.57. The lowest BCUT2D eigenvalue weighted by Crippen LogP contribution is -2.40. The number of anilines is 2. The molecule has 0 aromatic carbocycles. The summed E-state index contributed by atoms with van der Waals surface area (Å²) >= 11 is 0. The summed E-state index contributed by atoms with van der Waals surface area (Å²) in [6.07, 6.45) is 2.17. The Kier molecular flexibility index (Phi) is 6.85. The summed E-state index contributed by atoms with van der Waals surface area (Å²) in [6, 6.07) is 0. The van der Waals surface area contributed by atoms with Crippen LogP contribution >= 0.6 is 0 Å². The van der Waals surface area contributed by atoms with Gasteiger partial charge in [-0.1, -0.05) is 0 Å². The van der Waals surface area contributed by atoms with Crippen LogP contribution in [-0.4, -0.2) is 64.7 Å². The molecule has 1 aliphatic rings. The maximum absolute atomic E-state index is 11.4. The third kappa shape index (κ3) is 6.40. The van der Waals surface area contributed by atoms with Gasteiger partial charge in [-0.3, -0.25) is 20.4 Å². The number of hydrazine groups is 1. The van der Waals surface area contributed by atoms with E-state index < -0.39 is 4.92 Å². The van der Waals surface area contributed by atoms with Gasteiger partial charge in [-0.2, -0.15) is 0 Å². The van der Waals surface area contributed by atoms with Gasteiger partial charge in [0.05, 0.1) is 18.1 Å². The highest BCUT2D eigenvalue weighted by molar-refractivity contribution is 5.68. The van der Waals surface area contributed by atoms with Crippen LogP contribution < -0.4 is 16.2 Å². The highest BCUT2D eigenvalue weighted by atomic mass is 16.6. The summed E-state index contributed by atoms with van der Waals surface area (Å²) in [5.74, 6) is 0.366. The third-order valence-electron chi connectivity index (χ3n) is 3.61. The highest BCUT2D eigenvalue weighted by Crippen LogP contribution is 2.28. The lowest BCUT2D eigenvalue weighted by molar-refractivity contribution is -0.383. The molecule has 1 aromatic rings. The van der Waals surface area contributed by atoms with Crippen LogP contribution in [0.25, 0.3) is 0 Å². The van der Waals surface area contributed by atoms with Crippen molar-refractivity contribution in [1.82, 2.24) is 20.3 Å². The SMILES string of the molecule is CC(C)(C)NNc1ncnc(NCCCN2CCOCC2)c1[N+](=O)[O-]. The van der Waals surface area contributed by atoms with Crippen molar-refractivity contribution in [2.24, 2.45) is 0 Å². The van der Waals surface area contributed by atoms with Crippen molar-refractivity contribution in [3.63, 3.8) is 0 Å². The number of nitro groups is 1. The van der Waals surface area contributed by atoms with E-state index in [2.05, 4.69) is 31.0 Å². The van der Waals surface area contributed by atoms with Crippen LogP contribution in [0.15, 0.2) is 6.33 Å². The molecule has 1 aromatic heterocycles. The minimum absolute atomic E-state index is 0.144. The highest BCUT2D eigenvalue weighted by Gasteiger charge is 2.23. The van der Waals surface area contributed by atoms with Crippen LogP contribution in [0.4, 0.5) is 17.3 Å². The molecule has 1 fully saturated rings. The largest absolute Gasteiger partial charge is 0.379 e. The predicted octanol–water partition coefficient (Wildman–Crippen LogP) is 1.23. The van der Waals surface area contributed by atoms with Gasteiger partial charge in [0.25, 0.3) is 0 Å². The molecule has 0 bridgehead atoms. The standard InChI is InChI=1S/C15H27N7O3/c1-15(2,3)20-19-14-12(22(23)24)13(17-11-18-14)16-5-4-6-21-7-9-25-10-8-21/h11,20H,4-10H2,1-3H3,(H2,16,17,18,19). The van der Waals surface area contributed by atoms with Crippen LogP contribution in [-0.2, 0) is 4.74 Å². The van der Waals surface area contributed by atoms with Gasteiger partial charge in [-0.15, -0.1) is 0 Å². The summed E-state index contributed by atoms with van der Waals surface area (Å²) in [7, 11) is 0. The molecule has 0 amide bonds. The summed E-state index contributed by atoms with van der Waals surface area (Å²) in [5, 5.41) is 14.5. The number of hydrogen-bond donors (Lipinski definition) is 3. The van der Waals surface area contributed by atoms with E-state index in [0.717, 1.165) is 39.3 Å². The molecule has 0 radical (unpaired) electrons. The molecule has 10 nitrogen and oxygen atoms in total. The zero-order valence-corrected chi connectivity index (χ0v) is 15.0. The Morgan fingerprint density at radius 1 is 1.28 bits per heavy atom. The van der Waals surface area contributed by atoms with Crippen LogP contribution in [0.1, 0.15) is 27.2 Å². The molecule has 1 saturated heterocycles. The first-order valence-corrected chi connectivity index (χ1v) is 8.43. The molecule has 0 saturated carbocycles. The van der Waals surface area contributed by atoms with Crippen LogP contribution in [0.5, 0.6) is 0 Å². The fraction of sp³-hybridized carbons (Fsp3) is 0.733. The lowest BCUT2D eigenvalue weighted by Gasteiger charge is -2.26. The maximum Gasteiger partial charge on any atom is 0.354 e. The van der Waals surface area contributed by atoms with Gasteiger partial charge >= 0.3 is 5.69 Å². The van der Waals surface area contributed by atoms with Gasteiger partial charge < -0.3 is 10.1 Å². The second-order valence-electron chi connectivity index (χ2n) is 6.91. The molecule has 0 aliphatic carbocycles. The summed E-state index contributed by atoms with van der Waals surface area (Å²) in [6.45, 7) is 10.7. The van der Waals surface area contributed by atoms with Crippen molar-refractivity contribution in [2.45, 2.75) is 32.7 Å². The smallest absolute Gasteiger partial charge is 0.354 e. The Morgan fingerprint density at radius 3 is 2.60 bits per heavy atom. The summed E-state index contributed by atoms with van der Waals surface area (Å²) in [4.78, 5) is 21.3. The number of nitrogens with one attached hydrogen (secondary N) is 3. The van der Waals surface area contributed by atoms with E-state index in [1.807, 2.05) is 20.8 Å². The van der Waals surface area contributed by atoms with E-state index in [4.69, 9.17) is 4.74 Å². The number of aromatic nitrogens is 2. The van der Waals surface area contributed by atoms with Crippen molar-refractivity contribution in [3.8, 4) is 0 Å². The first-order valence-electron chi connectivity index (χ1n) is 8.43. The van der Waals surface area contributed by atoms with Crippen LogP contribution in [0.2, 0.25) is 0 Å². The molecule has 0 atom stereocenters. The number of ether oxygens (including phenoxy) is 1. The molecule has 0 spiro atoms. The van der Waals surface area contributed by atoms with Crippen molar-refractivity contribution in [1.29, 1.82) is 0 Å². The zero-order chi connectivity index (χ0) is 18.3. The number of morpholine rings is 1. The van der Waals surface area contributed by atoms with Crippen LogP contribution in [0.3, 0.4) is 0 Å². The molecule has 25 heavy (non-hydrogen) atoms. The Morgan fingerprint density at radius 2 is 1.96 bits per heavy atom. The topological polar surface area (TPSA) is 117 Å². The van der Waals surface area contributed by atoms with Gasteiger partial charge in [0.1, 0.15) is 6.33 Å². The van der Waals surface area contributed by atoms with Gasteiger partial charge in [0.15, 0.2) is 0 Å². The summed E-state index contributed by atoms with van der Waals surface area (Å²) in [5.41, 5.74) is 5.37. The molecule has 2 heterocycles. The van der Waals surface area contributed by atoms with Gasteiger partial charge in [-0.25, -0.2) is 15.4 Å². The number of hydrogen-bond acceptors (Lipinski definition) is 9. The molecule has 0 unspecified atom stereocenters. The van der Waals surface area contributed by atoms with Gasteiger partial charge in [-0.05, 0) is 33.7 Å². The van der Waals surface area contributed by atoms with E-state index in [0.29, 0.717) is 6.54 Å². The molecule has 140 valence electrons. The molecular weight excluding hydrogens is 326 g/mol. The minimum atomic E-state index is -0.475. The molecule has 3 N–H and O–H groups in total. The first-order chi connectivity index (χ1) is 11.9. The Hall–Kier alpha value is -2.04. The van der Waals surface area contributed by atoms with E-state index in [1.165, 1.54) is 6.33 Å². The normalized spacial score (nSPS) is 15.8. The van der Waals surface area contributed by atoms with E-state index in [1.54, 1.807) is 0 Å². The predicted molar refractivity (Wildman–Crippen MR) is 95.6 cm³/mol. The van der Waals surface area contributed by atoms with Gasteiger partial charge in [0, 0.05) is 25.2 Å². The summed E-state index contributed by atoms with van der Waals surface area (Å²) < 4.78 is 5.32. The molecule has 2 rings (SSSR count). The Labute approximate surface area is 147 Å². The molecular formula is C15H27N7O3. The minimum Gasteiger partial charge on any atom is -0.379 e. The fourth-order valence-corrected chi connectivity index (χ4v) is 2.35.